The molecule has 96 valence electrons. The van der Waals surface area contributed by atoms with Gasteiger partial charge in [-0.15, -0.1) is 0 Å². The fraction of sp³-hybridized carbons (Fsp3) is 1.00. The first kappa shape index (κ1) is 14.0. The van der Waals surface area contributed by atoms with Crippen LogP contribution in [0.3, 0.4) is 0 Å². The molecule has 1 aliphatic rings. The summed E-state index contributed by atoms with van der Waals surface area (Å²) in [6.07, 6.45) is 6.65. The minimum absolute atomic E-state index is 0.401. The van der Waals surface area contributed by atoms with Crippen molar-refractivity contribution >= 4 is 0 Å². The molecule has 1 rings (SSSR count). The lowest BCUT2D eigenvalue weighted by molar-refractivity contribution is 0.0410. The number of hydrogen-bond donors (Lipinski definition) is 1. The van der Waals surface area contributed by atoms with Crippen LogP contribution in [-0.4, -0.2) is 25.3 Å². The van der Waals surface area contributed by atoms with Crippen LogP contribution in [0.25, 0.3) is 0 Å². The molecule has 0 spiro atoms. The van der Waals surface area contributed by atoms with Gasteiger partial charge in [0.15, 0.2) is 0 Å². The summed E-state index contributed by atoms with van der Waals surface area (Å²) in [5, 5.41) is 3.59. The van der Waals surface area contributed by atoms with Gasteiger partial charge in [0.2, 0.25) is 0 Å². The molecule has 0 bridgehead atoms. The van der Waals surface area contributed by atoms with Crippen molar-refractivity contribution in [2.75, 3.05) is 13.2 Å². The van der Waals surface area contributed by atoms with Gasteiger partial charge in [-0.1, -0.05) is 27.7 Å². The molecule has 0 aromatic heterocycles. The SMILES string of the molecule is CCCNC1CCC(OCCC(C)(C)C)C1. The summed E-state index contributed by atoms with van der Waals surface area (Å²) >= 11 is 0. The molecule has 0 aliphatic heterocycles. The number of nitrogens with one attached hydrogen (secondary N) is 1. The number of hydrogen-bond acceptors (Lipinski definition) is 2. The van der Waals surface area contributed by atoms with Crippen molar-refractivity contribution in [3.8, 4) is 0 Å². The summed E-state index contributed by atoms with van der Waals surface area (Å²) in [5.41, 5.74) is 0.401. The Labute approximate surface area is 101 Å². The van der Waals surface area contributed by atoms with Gasteiger partial charge in [-0.3, -0.25) is 0 Å². The molecule has 0 radical (unpaired) electrons. The van der Waals surface area contributed by atoms with E-state index in [1.54, 1.807) is 0 Å². The molecular weight excluding hydrogens is 198 g/mol. The van der Waals surface area contributed by atoms with Gasteiger partial charge in [0.05, 0.1) is 6.10 Å². The molecule has 1 saturated carbocycles. The average molecular weight is 227 g/mol. The topological polar surface area (TPSA) is 21.3 Å². The zero-order valence-electron chi connectivity index (χ0n) is 11.5. The van der Waals surface area contributed by atoms with Crippen LogP contribution in [0.2, 0.25) is 0 Å². The monoisotopic (exact) mass is 227 g/mol. The molecule has 2 heteroatoms. The molecule has 0 saturated heterocycles. The van der Waals surface area contributed by atoms with Gasteiger partial charge < -0.3 is 10.1 Å². The van der Waals surface area contributed by atoms with Crippen LogP contribution < -0.4 is 5.32 Å². The predicted octanol–water partition coefficient (Wildman–Crippen LogP) is 3.36. The second-order valence-electron chi connectivity index (χ2n) is 6.27. The molecule has 1 N–H and O–H groups in total. The number of rotatable bonds is 6. The number of ether oxygens (including phenoxy) is 1. The minimum Gasteiger partial charge on any atom is -0.378 e. The Bertz CT molecular complexity index is 186. The Hall–Kier alpha value is -0.0800. The smallest absolute Gasteiger partial charge is 0.0590 e. The molecule has 2 unspecified atom stereocenters. The molecule has 0 aromatic rings. The van der Waals surface area contributed by atoms with Crippen molar-refractivity contribution in [3.63, 3.8) is 0 Å². The normalized spacial score (nSPS) is 26.2. The van der Waals surface area contributed by atoms with E-state index in [0.29, 0.717) is 17.6 Å². The van der Waals surface area contributed by atoms with Crippen LogP contribution in [0.5, 0.6) is 0 Å². The van der Waals surface area contributed by atoms with Crippen molar-refractivity contribution in [2.24, 2.45) is 5.41 Å². The van der Waals surface area contributed by atoms with E-state index in [2.05, 4.69) is 33.0 Å². The van der Waals surface area contributed by atoms with E-state index in [1.807, 2.05) is 0 Å². The Kier molecular flexibility index (Phi) is 5.77. The first-order chi connectivity index (χ1) is 7.51. The van der Waals surface area contributed by atoms with Gasteiger partial charge in [0.1, 0.15) is 0 Å². The lowest BCUT2D eigenvalue weighted by Gasteiger charge is -2.20. The van der Waals surface area contributed by atoms with Crippen LogP contribution in [0.1, 0.15) is 59.8 Å². The Morgan fingerprint density at radius 2 is 2.00 bits per heavy atom. The van der Waals surface area contributed by atoms with Crippen molar-refractivity contribution in [2.45, 2.75) is 71.9 Å². The van der Waals surface area contributed by atoms with E-state index in [-0.39, 0.29) is 0 Å². The molecule has 1 aliphatic carbocycles. The lowest BCUT2D eigenvalue weighted by atomic mass is 9.93. The van der Waals surface area contributed by atoms with Gasteiger partial charge in [0.25, 0.3) is 0 Å². The lowest BCUT2D eigenvalue weighted by Crippen LogP contribution is -2.28. The third kappa shape index (κ3) is 5.86. The maximum absolute atomic E-state index is 5.95. The maximum Gasteiger partial charge on any atom is 0.0590 e. The van der Waals surface area contributed by atoms with E-state index in [1.165, 1.54) is 25.7 Å². The van der Waals surface area contributed by atoms with Gasteiger partial charge in [0, 0.05) is 12.6 Å². The van der Waals surface area contributed by atoms with Crippen LogP contribution in [0.15, 0.2) is 0 Å². The highest BCUT2D eigenvalue weighted by Crippen LogP contribution is 2.24. The quantitative estimate of drug-likeness (QED) is 0.751. The first-order valence-corrected chi connectivity index (χ1v) is 6.86. The van der Waals surface area contributed by atoms with Crippen LogP contribution >= 0.6 is 0 Å². The van der Waals surface area contributed by atoms with Crippen molar-refractivity contribution in [1.82, 2.24) is 5.32 Å². The summed E-state index contributed by atoms with van der Waals surface area (Å²) in [6, 6.07) is 0.708. The van der Waals surface area contributed by atoms with Gasteiger partial charge >= 0.3 is 0 Å². The standard InChI is InChI=1S/C14H29NO/c1-5-9-15-12-6-7-13(11-12)16-10-8-14(2,3)4/h12-13,15H,5-11H2,1-4H3. The zero-order valence-corrected chi connectivity index (χ0v) is 11.5. The zero-order chi connectivity index (χ0) is 12.0. The molecule has 0 heterocycles. The fourth-order valence-electron chi connectivity index (χ4n) is 2.16. The van der Waals surface area contributed by atoms with E-state index in [9.17, 15) is 0 Å². The van der Waals surface area contributed by atoms with Crippen molar-refractivity contribution in [3.05, 3.63) is 0 Å². The van der Waals surface area contributed by atoms with Crippen LogP contribution in [0, 0.1) is 5.41 Å². The molecule has 16 heavy (non-hydrogen) atoms. The Balaban J connectivity index is 2.07. The van der Waals surface area contributed by atoms with E-state index < -0.39 is 0 Å². The van der Waals surface area contributed by atoms with Crippen LogP contribution in [0.4, 0.5) is 0 Å². The Morgan fingerprint density at radius 3 is 2.62 bits per heavy atom. The molecular formula is C14H29NO. The van der Waals surface area contributed by atoms with Crippen LogP contribution in [-0.2, 0) is 4.74 Å². The summed E-state index contributed by atoms with van der Waals surface area (Å²) in [5.74, 6) is 0. The minimum atomic E-state index is 0.401. The molecule has 1 fully saturated rings. The molecule has 2 nitrogen and oxygen atoms in total. The summed E-state index contributed by atoms with van der Waals surface area (Å²) < 4.78 is 5.95. The van der Waals surface area contributed by atoms with Gasteiger partial charge in [-0.25, -0.2) is 0 Å². The maximum atomic E-state index is 5.95. The Morgan fingerprint density at radius 1 is 1.25 bits per heavy atom. The summed E-state index contributed by atoms with van der Waals surface area (Å²) in [4.78, 5) is 0. The summed E-state index contributed by atoms with van der Waals surface area (Å²) in [7, 11) is 0. The highest BCUT2D eigenvalue weighted by Gasteiger charge is 2.24. The van der Waals surface area contributed by atoms with Crippen molar-refractivity contribution in [1.29, 1.82) is 0 Å². The highest BCUT2D eigenvalue weighted by atomic mass is 16.5. The molecule has 2 atom stereocenters. The fourth-order valence-corrected chi connectivity index (χ4v) is 2.16. The van der Waals surface area contributed by atoms with Gasteiger partial charge in [-0.2, -0.15) is 0 Å². The third-order valence-electron chi connectivity index (χ3n) is 3.27. The molecule has 0 amide bonds. The highest BCUT2D eigenvalue weighted by molar-refractivity contribution is 4.81. The van der Waals surface area contributed by atoms with Crippen molar-refractivity contribution < 1.29 is 4.74 Å². The molecule has 0 aromatic carbocycles. The first-order valence-electron chi connectivity index (χ1n) is 6.86. The summed E-state index contributed by atoms with van der Waals surface area (Å²) in [6.45, 7) is 11.1. The second-order valence-corrected chi connectivity index (χ2v) is 6.27. The van der Waals surface area contributed by atoms with Gasteiger partial charge in [-0.05, 0) is 44.1 Å². The third-order valence-corrected chi connectivity index (χ3v) is 3.27. The second kappa shape index (κ2) is 6.61. The average Bonchev–Trinajstić information content (AvgIpc) is 2.61. The van der Waals surface area contributed by atoms with E-state index >= 15 is 0 Å². The van der Waals surface area contributed by atoms with E-state index in [0.717, 1.165) is 19.6 Å². The largest absolute Gasteiger partial charge is 0.378 e. The predicted molar refractivity (Wildman–Crippen MR) is 69.7 cm³/mol. The van der Waals surface area contributed by atoms with E-state index in [4.69, 9.17) is 4.74 Å².